The highest BCUT2D eigenvalue weighted by Crippen LogP contribution is 2.47. The van der Waals surface area contributed by atoms with E-state index in [1.807, 2.05) is 24.3 Å². The second kappa shape index (κ2) is 9.32. The van der Waals surface area contributed by atoms with Crippen LogP contribution in [-0.2, 0) is 6.42 Å². The van der Waals surface area contributed by atoms with E-state index >= 15 is 0 Å². The Hall–Kier alpha value is -1.52. The predicted molar refractivity (Wildman–Crippen MR) is 116 cm³/mol. The van der Waals surface area contributed by atoms with Crippen LogP contribution in [0, 0.1) is 17.8 Å². The van der Waals surface area contributed by atoms with Gasteiger partial charge in [0.2, 0.25) is 0 Å². The Morgan fingerprint density at radius 3 is 2.79 bits per heavy atom. The summed E-state index contributed by atoms with van der Waals surface area (Å²) in [6, 6.07) is 11.8. The predicted octanol–water partition coefficient (Wildman–Crippen LogP) is 5.63. The zero-order valence-electron chi connectivity index (χ0n) is 16.1. The smallest absolute Gasteiger partial charge is 0.254 e. The lowest BCUT2D eigenvalue weighted by atomic mass is 9.89. The van der Waals surface area contributed by atoms with Crippen LogP contribution in [0.3, 0.4) is 0 Å². The molecule has 0 aliphatic heterocycles. The van der Waals surface area contributed by atoms with Crippen LogP contribution in [0.5, 0.6) is 0 Å². The van der Waals surface area contributed by atoms with E-state index in [2.05, 4.69) is 22.4 Å². The van der Waals surface area contributed by atoms with Crippen LogP contribution in [-0.4, -0.2) is 23.2 Å². The lowest BCUT2D eigenvalue weighted by molar-refractivity contribution is 0.0938. The summed E-state index contributed by atoms with van der Waals surface area (Å²) in [5, 5.41) is 4.79. The first kappa shape index (κ1) is 19.8. The molecule has 1 aromatic heterocycles. The summed E-state index contributed by atoms with van der Waals surface area (Å²) in [5.41, 5.74) is 2.00. The minimum Gasteiger partial charge on any atom is -0.352 e. The number of nitrogens with one attached hydrogen (secondary N) is 1. The monoisotopic (exact) mass is 414 g/mol. The lowest BCUT2D eigenvalue weighted by Crippen LogP contribution is -2.32. The molecule has 2 aromatic rings. The van der Waals surface area contributed by atoms with Gasteiger partial charge in [-0.3, -0.25) is 4.79 Å². The van der Waals surface area contributed by atoms with Crippen LogP contribution in [0.4, 0.5) is 0 Å². The van der Waals surface area contributed by atoms with Crippen molar-refractivity contribution < 1.29 is 4.79 Å². The number of amides is 1. The third-order valence-corrected chi connectivity index (χ3v) is 7.53. The molecule has 2 saturated carbocycles. The molecule has 4 rings (SSSR count). The fourth-order valence-electron chi connectivity index (χ4n) is 4.72. The van der Waals surface area contributed by atoms with Gasteiger partial charge in [0.15, 0.2) is 0 Å². The van der Waals surface area contributed by atoms with Gasteiger partial charge in [-0.05, 0) is 85.4 Å². The third kappa shape index (κ3) is 4.90. The molecule has 2 aliphatic rings. The van der Waals surface area contributed by atoms with Gasteiger partial charge >= 0.3 is 0 Å². The zero-order chi connectivity index (χ0) is 19.3. The number of aryl methyl sites for hydroxylation is 1. The summed E-state index contributed by atoms with van der Waals surface area (Å²) in [6.07, 6.45) is 9.24. The molecule has 1 aromatic carbocycles. The minimum atomic E-state index is 0.0241. The standard InChI is InChI=1S/C23H27ClN2OS/c24-20-9-6-16(7-10-20)3-2-12-28-23-21(4-1-11-25-23)22(27)26-15-19-14-17-5-8-18(19)13-17/h1,4,6-7,9-11,17-19H,2-3,5,8,12-15H2,(H,26,27). The minimum absolute atomic E-state index is 0.0241. The van der Waals surface area contributed by atoms with Crippen LogP contribution in [0.1, 0.15) is 48.0 Å². The number of halogens is 1. The number of benzene rings is 1. The van der Waals surface area contributed by atoms with Gasteiger partial charge < -0.3 is 5.32 Å². The lowest BCUT2D eigenvalue weighted by Gasteiger charge is -2.22. The number of pyridine rings is 1. The van der Waals surface area contributed by atoms with Crippen molar-refractivity contribution in [2.75, 3.05) is 12.3 Å². The molecule has 2 aliphatic carbocycles. The molecule has 3 atom stereocenters. The summed E-state index contributed by atoms with van der Waals surface area (Å²) in [7, 11) is 0. The van der Waals surface area contributed by atoms with Crippen molar-refractivity contribution in [3.8, 4) is 0 Å². The molecular weight excluding hydrogens is 388 g/mol. The van der Waals surface area contributed by atoms with E-state index in [4.69, 9.17) is 11.6 Å². The van der Waals surface area contributed by atoms with Gasteiger partial charge in [0.05, 0.1) is 5.56 Å². The Kier molecular flexibility index (Phi) is 6.58. The molecule has 0 saturated heterocycles. The largest absolute Gasteiger partial charge is 0.352 e. The fourth-order valence-corrected chi connectivity index (χ4v) is 5.78. The van der Waals surface area contributed by atoms with E-state index in [1.54, 1.807) is 18.0 Å². The molecule has 148 valence electrons. The number of carbonyl (C=O) groups is 1. The summed E-state index contributed by atoms with van der Waals surface area (Å²) >= 11 is 7.61. The molecule has 0 radical (unpaired) electrons. The second-order valence-electron chi connectivity index (χ2n) is 8.08. The molecule has 28 heavy (non-hydrogen) atoms. The summed E-state index contributed by atoms with van der Waals surface area (Å²) in [5.74, 6) is 3.38. The van der Waals surface area contributed by atoms with Gasteiger partial charge in [0.1, 0.15) is 5.03 Å². The third-order valence-electron chi connectivity index (χ3n) is 6.19. The summed E-state index contributed by atoms with van der Waals surface area (Å²) in [6.45, 7) is 0.815. The fraction of sp³-hybridized carbons (Fsp3) is 0.478. The van der Waals surface area contributed by atoms with Gasteiger partial charge in [0, 0.05) is 17.8 Å². The van der Waals surface area contributed by atoms with Gasteiger partial charge in [-0.1, -0.05) is 30.2 Å². The summed E-state index contributed by atoms with van der Waals surface area (Å²) < 4.78 is 0. The highest BCUT2D eigenvalue weighted by molar-refractivity contribution is 7.99. The maximum atomic E-state index is 12.7. The highest BCUT2D eigenvalue weighted by Gasteiger charge is 2.39. The quantitative estimate of drug-likeness (QED) is 0.449. The maximum Gasteiger partial charge on any atom is 0.254 e. The van der Waals surface area contributed by atoms with Gasteiger partial charge in [-0.15, -0.1) is 11.8 Å². The number of hydrogen-bond acceptors (Lipinski definition) is 3. The Labute approximate surface area is 176 Å². The van der Waals surface area contributed by atoms with Crippen LogP contribution in [0.2, 0.25) is 5.02 Å². The van der Waals surface area contributed by atoms with E-state index in [1.165, 1.54) is 31.2 Å². The van der Waals surface area contributed by atoms with Crippen LogP contribution >= 0.6 is 23.4 Å². The van der Waals surface area contributed by atoms with Gasteiger partial charge in [-0.2, -0.15) is 0 Å². The molecule has 3 unspecified atom stereocenters. The average molecular weight is 415 g/mol. The SMILES string of the molecule is O=C(NCC1CC2CCC1C2)c1cccnc1SCCCc1ccc(Cl)cc1. The first-order chi connectivity index (χ1) is 13.7. The highest BCUT2D eigenvalue weighted by atomic mass is 35.5. The first-order valence-corrected chi connectivity index (χ1v) is 11.7. The van der Waals surface area contributed by atoms with Crippen LogP contribution in [0.15, 0.2) is 47.6 Å². The number of rotatable bonds is 8. The Balaban J connectivity index is 1.26. The number of aromatic nitrogens is 1. The van der Waals surface area contributed by atoms with E-state index in [9.17, 15) is 4.79 Å². The number of nitrogens with zero attached hydrogens (tertiary/aromatic N) is 1. The zero-order valence-corrected chi connectivity index (χ0v) is 17.6. The molecule has 2 fully saturated rings. The second-order valence-corrected chi connectivity index (χ2v) is 9.60. The van der Waals surface area contributed by atoms with Crippen LogP contribution < -0.4 is 5.32 Å². The number of thioether (sulfide) groups is 1. The molecule has 1 N–H and O–H groups in total. The molecule has 1 amide bonds. The molecule has 2 bridgehead atoms. The molecule has 5 heteroatoms. The Morgan fingerprint density at radius 2 is 2.04 bits per heavy atom. The first-order valence-electron chi connectivity index (χ1n) is 10.3. The molecule has 0 spiro atoms. The average Bonchev–Trinajstić information content (AvgIpc) is 3.34. The van der Waals surface area contributed by atoms with Crippen molar-refractivity contribution in [1.82, 2.24) is 10.3 Å². The number of fused-ring (bicyclic) bond motifs is 2. The van der Waals surface area contributed by atoms with Crippen LogP contribution in [0.25, 0.3) is 0 Å². The van der Waals surface area contributed by atoms with E-state index in [-0.39, 0.29) is 5.91 Å². The number of hydrogen-bond donors (Lipinski definition) is 1. The molecule has 3 nitrogen and oxygen atoms in total. The van der Waals surface area contributed by atoms with Crippen molar-refractivity contribution >= 4 is 29.3 Å². The normalized spacial score (nSPS) is 23.1. The van der Waals surface area contributed by atoms with Crippen molar-refractivity contribution in [2.24, 2.45) is 17.8 Å². The Bertz CT molecular complexity index is 811. The van der Waals surface area contributed by atoms with Crippen molar-refractivity contribution in [3.63, 3.8) is 0 Å². The Morgan fingerprint density at radius 1 is 1.18 bits per heavy atom. The van der Waals surface area contributed by atoms with Crippen molar-refractivity contribution in [1.29, 1.82) is 0 Å². The van der Waals surface area contributed by atoms with Gasteiger partial charge in [-0.25, -0.2) is 4.98 Å². The number of carbonyl (C=O) groups excluding carboxylic acids is 1. The topological polar surface area (TPSA) is 42.0 Å². The van der Waals surface area contributed by atoms with E-state index < -0.39 is 0 Å². The van der Waals surface area contributed by atoms with Crippen molar-refractivity contribution in [2.45, 2.75) is 43.6 Å². The van der Waals surface area contributed by atoms with Gasteiger partial charge in [0.25, 0.3) is 5.91 Å². The maximum absolute atomic E-state index is 12.7. The van der Waals surface area contributed by atoms with Crippen molar-refractivity contribution in [3.05, 3.63) is 58.7 Å². The summed E-state index contributed by atoms with van der Waals surface area (Å²) in [4.78, 5) is 17.2. The van der Waals surface area contributed by atoms with E-state index in [0.29, 0.717) is 11.5 Å². The molecule has 1 heterocycles. The molecular formula is C23H27ClN2OS. The van der Waals surface area contributed by atoms with E-state index in [0.717, 1.165) is 47.0 Å².